The lowest BCUT2D eigenvalue weighted by Crippen LogP contribution is -2.34. The Kier molecular flexibility index (Phi) is 9.29. The van der Waals surface area contributed by atoms with E-state index in [0.717, 1.165) is 25.3 Å². The molecule has 3 N–H and O–H groups in total. The fraction of sp³-hybridized carbons (Fsp3) is 0.538. The number of anilines is 1. The SMILES string of the molecule is Cl.Cl.Nc1ccc(CC(=O)NCCN2CCCC2)nc1. The lowest BCUT2D eigenvalue weighted by molar-refractivity contribution is -0.120. The van der Waals surface area contributed by atoms with E-state index in [1.807, 2.05) is 0 Å². The molecular weight excluding hydrogens is 299 g/mol. The molecule has 0 spiro atoms. The third kappa shape index (κ3) is 6.41. The van der Waals surface area contributed by atoms with Gasteiger partial charge in [0.05, 0.1) is 18.3 Å². The number of carbonyl (C=O) groups excluding carboxylic acids is 1. The number of amides is 1. The Morgan fingerprint density at radius 1 is 1.30 bits per heavy atom. The summed E-state index contributed by atoms with van der Waals surface area (Å²) in [5.74, 6) is 0.0199. The first-order chi connectivity index (χ1) is 8.74. The summed E-state index contributed by atoms with van der Waals surface area (Å²) in [7, 11) is 0. The Morgan fingerprint density at radius 3 is 2.60 bits per heavy atom. The first kappa shape index (κ1) is 19.0. The summed E-state index contributed by atoms with van der Waals surface area (Å²) in [5, 5.41) is 2.92. The van der Waals surface area contributed by atoms with E-state index >= 15 is 0 Å². The molecular formula is C13H22Cl2N4O. The minimum atomic E-state index is 0. The van der Waals surface area contributed by atoms with Crippen LogP contribution in [-0.2, 0) is 11.2 Å². The topological polar surface area (TPSA) is 71.2 Å². The maximum absolute atomic E-state index is 11.7. The van der Waals surface area contributed by atoms with E-state index < -0.39 is 0 Å². The summed E-state index contributed by atoms with van der Waals surface area (Å²) < 4.78 is 0. The van der Waals surface area contributed by atoms with Gasteiger partial charge in [-0.05, 0) is 38.1 Å². The Morgan fingerprint density at radius 2 is 2.00 bits per heavy atom. The minimum Gasteiger partial charge on any atom is -0.397 e. The van der Waals surface area contributed by atoms with E-state index in [2.05, 4.69) is 15.2 Å². The van der Waals surface area contributed by atoms with Crippen LogP contribution in [0.1, 0.15) is 18.5 Å². The van der Waals surface area contributed by atoms with Crippen LogP contribution < -0.4 is 11.1 Å². The minimum absolute atomic E-state index is 0. The second-order valence-corrected chi connectivity index (χ2v) is 4.66. The fourth-order valence-electron chi connectivity index (χ4n) is 2.13. The number of rotatable bonds is 5. The van der Waals surface area contributed by atoms with Crippen molar-refractivity contribution < 1.29 is 4.79 Å². The van der Waals surface area contributed by atoms with E-state index in [1.54, 1.807) is 18.3 Å². The Labute approximate surface area is 132 Å². The van der Waals surface area contributed by atoms with Crippen LogP contribution in [-0.4, -0.2) is 42.0 Å². The van der Waals surface area contributed by atoms with Gasteiger partial charge in [-0.15, -0.1) is 24.8 Å². The quantitative estimate of drug-likeness (QED) is 0.856. The molecule has 20 heavy (non-hydrogen) atoms. The summed E-state index contributed by atoms with van der Waals surface area (Å²) >= 11 is 0. The predicted octanol–water partition coefficient (Wildman–Crippen LogP) is 1.26. The molecule has 0 bridgehead atoms. The number of pyridine rings is 1. The van der Waals surface area contributed by atoms with Crippen LogP contribution in [0.15, 0.2) is 18.3 Å². The molecule has 1 aromatic rings. The largest absolute Gasteiger partial charge is 0.397 e. The van der Waals surface area contributed by atoms with Crippen molar-refractivity contribution >= 4 is 36.4 Å². The van der Waals surface area contributed by atoms with Gasteiger partial charge in [0, 0.05) is 18.8 Å². The molecule has 1 aliphatic heterocycles. The number of hydrogen-bond donors (Lipinski definition) is 2. The van der Waals surface area contributed by atoms with Gasteiger partial charge < -0.3 is 16.0 Å². The van der Waals surface area contributed by atoms with Crippen LogP contribution >= 0.6 is 24.8 Å². The first-order valence-corrected chi connectivity index (χ1v) is 6.43. The molecule has 0 aromatic carbocycles. The second kappa shape index (κ2) is 9.80. The molecule has 5 nitrogen and oxygen atoms in total. The number of nitrogen functional groups attached to an aromatic ring is 1. The lowest BCUT2D eigenvalue weighted by Gasteiger charge is -2.14. The van der Waals surface area contributed by atoms with E-state index in [1.165, 1.54) is 12.8 Å². The zero-order chi connectivity index (χ0) is 12.8. The normalized spacial score (nSPS) is 14.2. The molecule has 1 aromatic heterocycles. The van der Waals surface area contributed by atoms with Crippen molar-refractivity contribution in [1.29, 1.82) is 0 Å². The molecule has 0 radical (unpaired) electrons. The van der Waals surface area contributed by atoms with Crippen molar-refractivity contribution in [1.82, 2.24) is 15.2 Å². The highest BCUT2D eigenvalue weighted by atomic mass is 35.5. The maximum atomic E-state index is 11.7. The van der Waals surface area contributed by atoms with E-state index in [4.69, 9.17) is 5.73 Å². The fourth-order valence-corrected chi connectivity index (χ4v) is 2.13. The van der Waals surface area contributed by atoms with Gasteiger partial charge in [-0.3, -0.25) is 9.78 Å². The Bertz CT molecular complexity index is 394. The third-order valence-corrected chi connectivity index (χ3v) is 3.14. The monoisotopic (exact) mass is 320 g/mol. The van der Waals surface area contributed by atoms with Crippen LogP contribution in [0.4, 0.5) is 5.69 Å². The van der Waals surface area contributed by atoms with Crippen LogP contribution in [0.25, 0.3) is 0 Å². The van der Waals surface area contributed by atoms with E-state index in [0.29, 0.717) is 18.7 Å². The van der Waals surface area contributed by atoms with Gasteiger partial charge in [-0.2, -0.15) is 0 Å². The van der Waals surface area contributed by atoms with Crippen molar-refractivity contribution in [3.63, 3.8) is 0 Å². The molecule has 0 atom stereocenters. The number of carbonyl (C=O) groups is 1. The summed E-state index contributed by atoms with van der Waals surface area (Å²) in [6.45, 7) is 3.99. The number of hydrogen-bond acceptors (Lipinski definition) is 4. The summed E-state index contributed by atoms with van der Waals surface area (Å²) in [6.07, 6.45) is 4.46. The molecule has 2 heterocycles. The predicted molar refractivity (Wildman–Crippen MR) is 85.5 cm³/mol. The zero-order valence-corrected chi connectivity index (χ0v) is 13.0. The van der Waals surface area contributed by atoms with Crippen LogP contribution in [0.5, 0.6) is 0 Å². The standard InChI is InChI=1S/C13H20N4O.2ClH/c14-11-3-4-12(16-10-11)9-13(18)15-5-8-17-6-1-2-7-17;;/h3-4,10H,1-2,5-9,14H2,(H,15,18);2*1H. The van der Waals surface area contributed by atoms with Gasteiger partial charge in [0.1, 0.15) is 0 Å². The number of nitrogens with one attached hydrogen (secondary N) is 1. The maximum Gasteiger partial charge on any atom is 0.226 e. The Hall–Kier alpha value is -1.04. The van der Waals surface area contributed by atoms with Gasteiger partial charge in [0.25, 0.3) is 0 Å². The molecule has 0 saturated carbocycles. The number of aromatic nitrogens is 1. The third-order valence-electron chi connectivity index (χ3n) is 3.14. The highest BCUT2D eigenvalue weighted by molar-refractivity contribution is 5.85. The summed E-state index contributed by atoms with van der Waals surface area (Å²) in [6, 6.07) is 3.55. The van der Waals surface area contributed by atoms with Crippen molar-refractivity contribution in [2.24, 2.45) is 0 Å². The number of nitrogens with zero attached hydrogens (tertiary/aromatic N) is 2. The van der Waals surface area contributed by atoms with E-state index in [-0.39, 0.29) is 30.7 Å². The van der Waals surface area contributed by atoms with Crippen molar-refractivity contribution in [2.75, 3.05) is 31.9 Å². The van der Waals surface area contributed by atoms with Gasteiger partial charge >= 0.3 is 0 Å². The number of likely N-dealkylation sites (tertiary alicyclic amines) is 1. The van der Waals surface area contributed by atoms with Crippen LogP contribution in [0, 0.1) is 0 Å². The molecule has 7 heteroatoms. The van der Waals surface area contributed by atoms with Crippen LogP contribution in [0.3, 0.4) is 0 Å². The molecule has 2 rings (SSSR count). The first-order valence-electron chi connectivity index (χ1n) is 6.43. The van der Waals surface area contributed by atoms with Crippen molar-refractivity contribution in [3.8, 4) is 0 Å². The van der Waals surface area contributed by atoms with Crippen molar-refractivity contribution in [2.45, 2.75) is 19.3 Å². The van der Waals surface area contributed by atoms with Crippen molar-refractivity contribution in [3.05, 3.63) is 24.0 Å². The molecule has 0 aliphatic carbocycles. The number of nitrogens with two attached hydrogens (primary N) is 1. The highest BCUT2D eigenvalue weighted by Gasteiger charge is 2.11. The average Bonchev–Trinajstić information content (AvgIpc) is 2.85. The second-order valence-electron chi connectivity index (χ2n) is 4.66. The Balaban J connectivity index is 0.00000180. The molecule has 1 fully saturated rings. The molecule has 1 aliphatic rings. The van der Waals surface area contributed by atoms with Gasteiger partial charge in [0.15, 0.2) is 0 Å². The molecule has 1 saturated heterocycles. The van der Waals surface area contributed by atoms with E-state index in [9.17, 15) is 4.79 Å². The highest BCUT2D eigenvalue weighted by Crippen LogP contribution is 2.05. The van der Waals surface area contributed by atoms with Gasteiger partial charge in [0.2, 0.25) is 5.91 Å². The lowest BCUT2D eigenvalue weighted by atomic mass is 10.2. The molecule has 1 amide bonds. The molecule has 0 unspecified atom stereocenters. The van der Waals surface area contributed by atoms with Gasteiger partial charge in [-0.25, -0.2) is 0 Å². The average molecular weight is 321 g/mol. The summed E-state index contributed by atoms with van der Waals surface area (Å²) in [5.41, 5.74) is 6.91. The molecule has 114 valence electrons. The zero-order valence-electron chi connectivity index (χ0n) is 11.4. The van der Waals surface area contributed by atoms with Gasteiger partial charge in [-0.1, -0.05) is 0 Å². The smallest absolute Gasteiger partial charge is 0.226 e. The summed E-state index contributed by atoms with van der Waals surface area (Å²) in [4.78, 5) is 18.2. The van der Waals surface area contributed by atoms with Crippen LogP contribution in [0.2, 0.25) is 0 Å². The number of halogens is 2.